The molecule has 138 valence electrons. The van der Waals surface area contributed by atoms with Crippen LogP contribution >= 0.6 is 0 Å². The number of hydrogen-bond donors (Lipinski definition) is 1. The van der Waals surface area contributed by atoms with Gasteiger partial charge in [-0.25, -0.2) is 4.98 Å². The molecule has 0 amide bonds. The Hall–Kier alpha value is -3.73. The van der Waals surface area contributed by atoms with Gasteiger partial charge in [-0.1, -0.05) is 36.4 Å². The highest BCUT2D eigenvalue weighted by Gasteiger charge is 2.21. The number of benzene rings is 2. The molecule has 0 saturated heterocycles. The second kappa shape index (κ2) is 6.78. The van der Waals surface area contributed by atoms with Crippen molar-refractivity contribution in [2.75, 3.05) is 0 Å². The van der Waals surface area contributed by atoms with Crippen LogP contribution in [0.25, 0.3) is 27.8 Å². The van der Waals surface area contributed by atoms with E-state index in [4.69, 9.17) is 0 Å². The van der Waals surface area contributed by atoms with Crippen molar-refractivity contribution in [2.45, 2.75) is 13.8 Å². The molecule has 0 aliphatic heterocycles. The Morgan fingerprint density at radius 1 is 0.964 bits per heavy atom. The van der Waals surface area contributed by atoms with Gasteiger partial charge in [0.15, 0.2) is 11.4 Å². The van der Waals surface area contributed by atoms with Crippen LogP contribution in [0.5, 0.6) is 5.75 Å². The Morgan fingerprint density at radius 3 is 2.18 bits per heavy atom. The third kappa shape index (κ3) is 3.07. The average molecular weight is 370 g/mol. The largest absolute Gasteiger partial charge is 0.506 e. The van der Waals surface area contributed by atoms with Gasteiger partial charge in [0.2, 0.25) is 0 Å². The Balaban J connectivity index is 0.000000268. The van der Waals surface area contributed by atoms with Crippen LogP contribution in [0.15, 0.2) is 71.5 Å². The van der Waals surface area contributed by atoms with Gasteiger partial charge in [0.05, 0.1) is 11.1 Å². The number of fused-ring (bicyclic) bond motifs is 2. The highest BCUT2D eigenvalue weighted by atomic mass is 16.3. The van der Waals surface area contributed by atoms with Gasteiger partial charge in [-0.3, -0.25) is 14.2 Å². The van der Waals surface area contributed by atoms with Gasteiger partial charge in [0, 0.05) is 5.69 Å². The molecule has 5 heteroatoms. The summed E-state index contributed by atoms with van der Waals surface area (Å²) in [5, 5.41) is 10.7. The molecule has 1 aromatic carbocycles. The Morgan fingerprint density at radius 2 is 1.64 bits per heavy atom. The van der Waals surface area contributed by atoms with Crippen LogP contribution in [0.1, 0.15) is 23.0 Å². The molecule has 0 saturated carbocycles. The lowest BCUT2D eigenvalue weighted by Crippen LogP contribution is -2.25. The quantitative estimate of drug-likeness (QED) is 0.471. The Labute approximate surface area is 161 Å². The summed E-state index contributed by atoms with van der Waals surface area (Å²) in [4.78, 5) is 28.9. The van der Waals surface area contributed by atoms with Crippen molar-refractivity contribution in [2.24, 2.45) is 0 Å². The maximum Gasteiger partial charge on any atom is 0.271 e. The predicted molar refractivity (Wildman–Crippen MR) is 109 cm³/mol. The Kier molecular flexibility index (Phi) is 4.28. The SMILES string of the molecule is CC(=O)c1c(O)c2ccc(C)nc2n(-c2ccccc2)c1=O.c1cc2cc-2c1. The Bertz CT molecular complexity index is 1260. The van der Waals surface area contributed by atoms with Crippen LogP contribution in [0.3, 0.4) is 0 Å². The molecule has 2 aliphatic rings. The molecule has 3 aromatic rings. The van der Waals surface area contributed by atoms with Crippen molar-refractivity contribution < 1.29 is 9.90 Å². The van der Waals surface area contributed by atoms with Crippen molar-refractivity contribution in [3.05, 3.63) is 88.3 Å². The lowest BCUT2D eigenvalue weighted by Gasteiger charge is -2.13. The van der Waals surface area contributed by atoms with Crippen LogP contribution in [0.4, 0.5) is 0 Å². The van der Waals surface area contributed by atoms with Gasteiger partial charge >= 0.3 is 0 Å². The molecular weight excluding hydrogens is 352 g/mol. The summed E-state index contributed by atoms with van der Waals surface area (Å²) in [7, 11) is 0. The van der Waals surface area contributed by atoms with E-state index in [1.54, 1.807) is 43.3 Å². The van der Waals surface area contributed by atoms with E-state index in [1.165, 1.54) is 22.6 Å². The first-order chi connectivity index (χ1) is 13.5. The van der Waals surface area contributed by atoms with Crippen LogP contribution in [0.2, 0.25) is 0 Å². The third-order valence-electron chi connectivity index (χ3n) is 4.61. The number of para-hydroxylation sites is 1. The zero-order valence-electron chi connectivity index (χ0n) is 15.5. The number of Topliss-reactive ketones (excluding diaryl/α,β-unsaturated/α-hetero) is 1. The summed E-state index contributed by atoms with van der Waals surface area (Å²) in [6.07, 6.45) is 0. The van der Waals surface area contributed by atoms with E-state index in [-0.39, 0.29) is 11.3 Å². The van der Waals surface area contributed by atoms with E-state index in [0.29, 0.717) is 22.4 Å². The normalized spacial score (nSPS) is 10.9. The van der Waals surface area contributed by atoms with E-state index in [9.17, 15) is 14.7 Å². The van der Waals surface area contributed by atoms with E-state index in [2.05, 4.69) is 29.2 Å². The van der Waals surface area contributed by atoms with Gasteiger partial charge in [-0.15, -0.1) is 0 Å². The van der Waals surface area contributed by atoms with Crippen molar-refractivity contribution in [3.63, 3.8) is 0 Å². The predicted octanol–water partition coefficient (Wildman–Crippen LogP) is 4.27. The number of carbonyl (C=O) groups is 1. The summed E-state index contributed by atoms with van der Waals surface area (Å²) >= 11 is 0. The van der Waals surface area contributed by atoms with E-state index < -0.39 is 11.3 Å². The van der Waals surface area contributed by atoms with Crippen molar-refractivity contribution in [1.82, 2.24) is 9.55 Å². The highest BCUT2D eigenvalue weighted by molar-refractivity contribution is 6.02. The van der Waals surface area contributed by atoms with Crippen LogP contribution in [0, 0.1) is 6.92 Å². The lowest BCUT2D eigenvalue weighted by atomic mass is 10.1. The molecule has 2 aromatic heterocycles. The molecule has 5 rings (SSSR count). The van der Waals surface area contributed by atoms with Crippen molar-refractivity contribution >= 4 is 16.8 Å². The maximum atomic E-state index is 12.7. The van der Waals surface area contributed by atoms with Crippen LogP contribution in [-0.2, 0) is 0 Å². The second-order valence-corrected chi connectivity index (χ2v) is 6.66. The minimum atomic E-state index is -0.568. The molecule has 0 unspecified atom stereocenters. The number of ketones is 1. The van der Waals surface area contributed by atoms with Gasteiger partial charge in [-0.2, -0.15) is 0 Å². The van der Waals surface area contributed by atoms with Gasteiger partial charge < -0.3 is 5.11 Å². The highest BCUT2D eigenvalue weighted by Crippen LogP contribution is 2.32. The molecule has 0 radical (unpaired) electrons. The molecule has 1 N–H and O–H groups in total. The third-order valence-corrected chi connectivity index (χ3v) is 4.61. The smallest absolute Gasteiger partial charge is 0.271 e. The summed E-state index contributed by atoms with van der Waals surface area (Å²) in [6.45, 7) is 3.06. The molecule has 0 fully saturated rings. The van der Waals surface area contributed by atoms with Crippen LogP contribution in [-0.4, -0.2) is 20.4 Å². The minimum absolute atomic E-state index is 0.220. The first-order valence-corrected chi connectivity index (χ1v) is 8.89. The standard InChI is InChI=1S/C17H14N2O3.C6H4/c1-10-8-9-13-15(21)14(11(2)20)17(22)19(16(13)18-10)12-6-4-3-5-7-12;1-2-5-4-6(5)3-1/h3-9,21H,1-2H3;1-4H. The molecule has 28 heavy (non-hydrogen) atoms. The minimum Gasteiger partial charge on any atom is -0.506 e. The van der Waals surface area contributed by atoms with Gasteiger partial charge in [0.1, 0.15) is 11.3 Å². The first kappa shape index (κ1) is 17.7. The van der Waals surface area contributed by atoms with Gasteiger partial charge in [0.25, 0.3) is 5.56 Å². The number of aryl methyl sites for hydroxylation is 1. The fourth-order valence-electron chi connectivity index (χ4n) is 3.15. The van der Waals surface area contributed by atoms with Crippen LogP contribution < -0.4 is 5.56 Å². The van der Waals surface area contributed by atoms with E-state index >= 15 is 0 Å². The first-order valence-electron chi connectivity index (χ1n) is 8.89. The molecule has 0 bridgehead atoms. The zero-order valence-corrected chi connectivity index (χ0v) is 15.5. The molecule has 2 aliphatic carbocycles. The zero-order chi connectivity index (χ0) is 19.8. The molecule has 0 spiro atoms. The lowest BCUT2D eigenvalue weighted by molar-refractivity contribution is 0.101. The topological polar surface area (TPSA) is 72.2 Å². The fourth-order valence-corrected chi connectivity index (χ4v) is 3.15. The van der Waals surface area contributed by atoms with E-state index in [1.807, 2.05) is 6.07 Å². The maximum absolute atomic E-state index is 12.7. The number of hydrogen-bond acceptors (Lipinski definition) is 4. The van der Waals surface area contributed by atoms with Crippen molar-refractivity contribution in [1.29, 1.82) is 0 Å². The molecular formula is C23H18N2O3. The average Bonchev–Trinajstić information content (AvgIpc) is 3.27. The molecule has 2 heterocycles. The monoisotopic (exact) mass is 370 g/mol. The van der Waals surface area contributed by atoms with E-state index in [0.717, 1.165) is 0 Å². The molecule has 5 nitrogen and oxygen atoms in total. The summed E-state index contributed by atoms with van der Waals surface area (Å²) in [6, 6.07) is 20.8. The number of nitrogens with zero attached hydrogens (tertiary/aromatic N) is 2. The van der Waals surface area contributed by atoms with Crippen molar-refractivity contribution in [3.8, 4) is 22.6 Å². The number of rotatable bonds is 2. The number of aromatic nitrogens is 2. The number of pyridine rings is 2. The number of aromatic hydroxyl groups is 1. The summed E-state index contributed by atoms with van der Waals surface area (Å²) < 4.78 is 1.36. The summed E-state index contributed by atoms with van der Waals surface area (Å²) in [5.74, 6) is -0.790. The van der Waals surface area contributed by atoms with Gasteiger partial charge in [-0.05, 0) is 55.3 Å². The molecule has 0 atom stereocenters. The fraction of sp³-hybridized carbons (Fsp3) is 0.0870. The second-order valence-electron chi connectivity index (χ2n) is 6.66. The number of carbonyl (C=O) groups excluding carboxylic acids is 1. The summed E-state index contributed by atoms with van der Waals surface area (Å²) in [5.41, 5.74) is 3.71.